The van der Waals surface area contributed by atoms with Gasteiger partial charge in [0.1, 0.15) is 0 Å². The lowest BCUT2D eigenvalue weighted by Gasteiger charge is -2.30. The maximum atomic E-state index is 11.7. The third-order valence-corrected chi connectivity index (χ3v) is 3.55. The Balaban J connectivity index is 2.02. The van der Waals surface area contributed by atoms with Gasteiger partial charge in [-0.05, 0) is 18.8 Å². The molecule has 2 amide bonds. The molecule has 0 aromatic rings. The van der Waals surface area contributed by atoms with Gasteiger partial charge in [-0.15, -0.1) is 0 Å². The van der Waals surface area contributed by atoms with Crippen LogP contribution < -0.4 is 0 Å². The van der Waals surface area contributed by atoms with E-state index in [1.54, 1.807) is 0 Å². The van der Waals surface area contributed by atoms with Crippen molar-refractivity contribution in [2.45, 2.75) is 39.0 Å². The van der Waals surface area contributed by atoms with Crippen molar-refractivity contribution in [3.05, 3.63) is 0 Å². The largest absolute Gasteiger partial charge is 0.282 e. The molecule has 0 bridgehead atoms. The van der Waals surface area contributed by atoms with Crippen molar-refractivity contribution in [1.29, 1.82) is 5.26 Å². The topological polar surface area (TPSA) is 61.2 Å². The van der Waals surface area contributed by atoms with Crippen LogP contribution in [0, 0.1) is 22.7 Å². The fraction of sp³-hybridized carbons (Fsp3) is 0.750. The molecule has 1 saturated heterocycles. The van der Waals surface area contributed by atoms with Crippen molar-refractivity contribution in [3.8, 4) is 6.07 Å². The Bertz CT molecular complexity index is 348. The van der Waals surface area contributed by atoms with Gasteiger partial charge in [0, 0.05) is 31.2 Å². The Morgan fingerprint density at radius 3 is 2.38 bits per heavy atom. The van der Waals surface area contributed by atoms with Gasteiger partial charge in [0.05, 0.1) is 6.07 Å². The molecule has 16 heavy (non-hydrogen) atoms. The average molecular weight is 220 g/mol. The second kappa shape index (κ2) is 3.89. The summed E-state index contributed by atoms with van der Waals surface area (Å²) in [6.07, 6.45) is 3.32. The number of nitrogens with zero attached hydrogens (tertiary/aromatic N) is 2. The summed E-state index contributed by atoms with van der Waals surface area (Å²) < 4.78 is 0. The summed E-state index contributed by atoms with van der Waals surface area (Å²) in [6.45, 7) is 2.39. The van der Waals surface area contributed by atoms with Gasteiger partial charge in [-0.1, -0.05) is 6.92 Å². The molecule has 1 aliphatic heterocycles. The average Bonchev–Trinajstić information content (AvgIpc) is 2.93. The van der Waals surface area contributed by atoms with E-state index >= 15 is 0 Å². The van der Waals surface area contributed by atoms with Gasteiger partial charge in [-0.3, -0.25) is 14.5 Å². The minimum atomic E-state index is -0.0688. The molecule has 0 N–H and O–H groups in total. The normalized spacial score (nSPS) is 24.4. The van der Waals surface area contributed by atoms with Crippen LogP contribution in [0.1, 0.15) is 39.0 Å². The highest BCUT2D eigenvalue weighted by Crippen LogP contribution is 2.49. The van der Waals surface area contributed by atoms with Crippen LogP contribution in [-0.4, -0.2) is 23.3 Å². The molecule has 0 radical (unpaired) electrons. The molecule has 4 nitrogen and oxygen atoms in total. The molecule has 0 aromatic heterocycles. The van der Waals surface area contributed by atoms with Crippen LogP contribution in [0.5, 0.6) is 0 Å². The molecule has 1 aliphatic carbocycles. The second-order valence-corrected chi connectivity index (χ2v) is 5.22. The van der Waals surface area contributed by atoms with E-state index in [2.05, 4.69) is 6.07 Å². The number of amides is 2. The summed E-state index contributed by atoms with van der Waals surface area (Å²) in [4.78, 5) is 24.9. The Labute approximate surface area is 95.2 Å². The van der Waals surface area contributed by atoms with Crippen molar-refractivity contribution in [2.75, 3.05) is 6.54 Å². The van der Waals surface area contributed by atoms with Gasteiger partial charge in [-0.2, -0.15) is 5.26 Å². The van der Waals surface area contributed by atoms with Crippen molar-refractivity contribution < 1.29 is 9.59 Å². The van der Waals surface area contributed by atoms with E-state index in [0.29, 0.717) is 25.8 Å². The highest BCUT2D eigenvalue weighted by Gasteiger charge is 2.46. The van der Waals surface area contributed by atoms with Gasteiger partial charge in [0.2, 0.25) is 11.8 Å². The quantitative estimate of drug-likeness (QED) is 0.676. The van der Waals surface area contributed by atoms with Gasteiger partial charge in [-0.25, -0.2) is 0 Å². The third-order valence-electron chi connectivity index (χ3n) is 3.55. The van der Waals surface area contributed by atoms with Gasteiger partial charge < -0.3 is 0 Å². The molecule has 4 heteroatoms. The first-order chi connectivity index (χ1) is 7.56. The predicted molar refractivity (Wildman–Crippen MR) is 57.0 cm³/mol. The van der Waals surface area contributed by atoms with Crippen LogP contribution in [0.4, 0.5) is 0 Å². The number of hydrogen-bond donors (Lipinski definition) is 0. The zero-order valence-electron chi connectivity index (χ0n) is 9.53. The summed E-state index contributed by atoms with van der Waals surface area (Å²) in [5.41, 5.74) is -0.0688. The minimum absolute atomic E-state index is 0.0621. The Morgan fingerprint density at radius 2 is 1.94 bits per heavy atom. The third kappa shape index (κ3) is 2.08. The Hall–Kier alpha value is -1.37. The maximum Gasteiger partial charge on any atom is 0.229 e. The van der Waals surface area contributed by atoms with Crippen molar-refractivity contribution >= 4 is 11.8 Å². The fourth-order valence-electron chi connectivity index (χ4n) is 2.27. The molecule has 0 spiro atoms. The number of carbonyl (C=O) groups excluding carboxylic acids is 2. The number of imide groups is 1. The molecular weight excluding hydrogens is 204 g/mol. The molecule has 2 rings (SSSR count). The molecule has 0 atom stereocenters. The van der Waals surface area contributed by atoms with Crippen LogP contribution in [0.3, 0.4) is 0 Å². The van der Waals surface area contributed by atoms with Crippen molar-refractivity contribution in [3.63, 3.8) is 0 Å². The lowest BCUT2D eigenvalue weighted by Crippen LogP contribution is -2.45. The minimum Gasteiger partial charge on any atom is -0.282 e. The summed E-state index contributed by atoms with van der Waals surface area (Å²) in [6, 6.07) is 2.15. The SMILES string of the molecule is CC1CC(=O)N(CC2(CC#N)CC2)C(=O)C1. The van der Waals surface area contributed by atoms with E-state index in [9.17, 15) is 9.59 Å². The predicted octanol–water partition coefficient (Wildman–Crippen LogP) is 1.47. The first-order valence-electron chi connectivity index (χ1n) is 5.76. The second-order valence-electron chi connectivity index (χ2n) is 5.22. The van der Waals surface area contributed by atoms with E-state index in [1.807, 2.05) is 6.92 Å². The van der Waals surface area contributed by atoms with Crippen molar-refractivity contribution in [1.82, 2.24) is 4.90 Å². The van der Waals surface area contributed by atoms with Crippen LogP contribution in [0.15, 0.2) is 0 Å². The fourth-order valence-corrected chi connectivity index (χ4v) is 2.27. The molecule has 0 aromatic carbocycles. The van der Waals surface area contributed by atoms with Gasteiger partial charge >= 0.3 is 0 Å². The molecular formula is C12H16N2O2. The smallest absolute Gasteiger partial charge is 0.229 e. The summed E-state index contributed by atoms with van der Waals surface area (Å²) in [5, 5.41) is 8.71. The number of likely N-dealkylation sites (tertiary alicyclic amines) is 1. The zero-order chi connectivity index (χ0) is 11.8. The van der Waals surface area contributed by atoms with E-state index in [0.717, 1.165) is 12.8 Å². The van der Waals surface area contributed by atoms with Crippen LogP contribution in [0.25, 0.3) is 0 Å². The molecule has 2 aliphatic rings. The molecule has 1 saturated carbocycles. The van der Waals surface area contributed by atoms with E-state index in [1.165, 1.54) is 4.90 Å². The number of nitriles is 1. The van der Waals surface area contributed by atoms with Crippen molar-refractivity contribution in [2.24, 2.45) is 11.3 Å². The maximum absolute atomic E-state index is 11.7. The van der Waals surface area contributed by atoms with E-state index < -0.39 is 0 Å². The van der Waals surface area contributed by atoms with E-state index in [4.69, 9.17) is 5.26 Å². The summed E-state index contributed by atoms with van der Waals surface area (Å²) in [5.74, 6) is 0.0447. The van der Waals surface area contributed by atoms with Crippen LogP contribution >= 0.6 is 0 Å². The van der Waals surface area contributed by atoms with E-state index in [-0.39, 0.29) is 23.1 Å². The lowest BCUT2D eigenvalue weighted by atomic mass is 9.95. The monoisotopic (exact) mass is 220 g/mol. The molecule has 1 heterocycles. The summed E-state index contributed by atoms with van der Waals surface area (Å²) in [7, 11) is 0. The first-order valence-corrected chi connectivity index (χ1v) is 5.76. The highest BCUT2D eigenvalue weighted by molar-refractivity contribution is 5.97. The van der Waals surface area contributed by atoms with Crippen LogP contribution in [0.2, 0.25) is 0 Å². The Kier molecular flexibility index (Phi) is 2.71. The van der Waals surface area contributed by atoms with Gasteiger partial charge in [0.25, 0.3) is 0 Å². The molecule has 2 fully saturated rings. The standard InChI is InChI=1S/C12H16N2O2/c1-9-6-10(15)14(11(16)7-9)8-12(2-3-12)4-5-13/h9H,2-4,6-8H2,1H3. The number of piperidine rings is 1. The lowest BCUT2D eigenvalue weighted by molar-refractivity contribution is -0.150. The molecule has 86 valence electrons. The number of hydrogen-bond acceptors (Lipinski definition) is 3. The number of carbonyl (C=O) groups is 2. The van der Waals surface area contributed by atoms with Gasteiger partial charge in [0.15, 0.2) is 0 Å². The Morgan fingerprint density at radius 1 is 1.38 bits per heavy atom. The first kappa shape index (κ1) is 11.1. The zero-order valence-corrected chi connectivity index (χ0v) is 9.53. The number of rotatable bonds is 3. The van der Waals surface area contributed by atoms with Crippen LogP contribution in [-0.2, 0) is 9.59 Å². The summed E-state index contributed by atoms with van der Waals surface area (Å²) >= 11 is 0. The highest BCUT2D eigenvalue weighted by atomic mass is 16.2. The molecule has 0 unspecified atom stereocenters.